The number of rotatable bonds is 7. The van der Waals surface area contributed by atoms with Gasteiger partial charge in [-0.1, -0.05) is 30.3 Å². The quantitative estimate of drug-likeness (QED) is 0.380. The molecule has 3 aromatic carbocycles. The first kappa shape index (κ1) is 20.3. The first-order chi connectivity index (χ1) is 15.7. The van der Waals surface area contributed by atoms with E-state index in [2.05, 4.69) is 31.3 Å². The average Bonchev–Trinajstić information content (AvgIpc) is 3.37. The van der Waals surface area contributed by atoms with Gasteiger partial charge >= 0.3 is 0 Å². The lowest BCUT2D eigenvalue weighted by Gasteiger charge is -2.12. The topological polar surface area (TPSA) is 129 Å². The van der Waals surface area contributed by atoms with Crippen LogP contribution in [0, 0.1) is 11.3 Å². The van der Waals surface area contributed by atoms with Gasteiger partial charge in [-0.15, -0.1) is 10.2 Å². The van der Waals surface area contributed by atoms with Gasteiger partial charge in [-0.25, -0.2) is 0 Å². The molecule has 0 aliphatic heterocycles. The molecule has 32 heavy (non-hydrogen) atoms. The number of aromatic amines is 1. The summed E-state index contributed by atoms with van der Waals surface area (Å²) >= 11 is 0. The average molecular weight is 423 g/mol. The smallest absolute Gasteiger partial charge is 0.255 e. The Morgan fingerprint density at radius 2 is 1.75 bits per heavy atom. The fourth-order valence-corrected chi connectivity index (χ4v) is 2.76. The molecule has 0 saturated carbocycles. The zero-order valence-corrected chi connectivity index (χ0v) is 16.7. The third-order valence-electron chi connectivity index (χ3n) is 4.34. The van der Waals surface area contributed by atoms with Crippen LogP contribution in [-0.4, -0.2) is 26.5 Å². The molecule has 3 N–H and O–H groups in total. The number of allylic oxidation sites excluding steroid dienone is 1. The Morgan fingerprint density at radius 1 is 1.00 bits per heavy atom. The molecule has 0 bridgehead atoms. The molecule has 9 nitrogen and oxygen atoms in total. The lowest BCUT2D eigenvalue weighted by molar-refractivity contribution is 0.102. The van der Waals surface area contributed by atoms with Crippen LogP contribution in [0.15, 0.2) is 85.1 Å². The zero-order chi connectivity index (χ0) is 22.2. The second kappa shape index (κ2) is 9.69. The minimum absolute atomic E-state index is 0.187. The number of ether oxygens (including phenoxy) is 1. The fourth-order valence-electron chi connectivity index (χ4n) is 2.76. The van der Waals surface area contributed by atoms with Crippen LogP contribution in [0.1, 0.15) is 16.2 Å². The van der Waals surface area contributed by atoms with E-state index >= 15 is 0 Å². The van der Waals surface area contributed by atoms with Crippen molar-refractivity contribution in [2.24, 2.45) is 0 Å². The Hall–Kier alpha value is -4.97. The number of benzene rings is 3. The number of tetrazole rings is 1. The van der Waals surface area contributed by atoms with E-state index in [9.17, 15) is 10.1 Å². The lowest BCUT2D eigenvalue weighted by atomic mass is 10.2. The highest BCUT2D eigenvalue weighted by molar-refractivity contribution is 6.05. The number of aromatic nitrogens is 4. The van der Waals surface area contributed by atoms with Crippen molar-refractivity contribution in [2.75, 3.05) is 10.6 Å². The van der Waals surface area contributed by atoms with Crippen LogP contribution in [0.2, 0.25) is 0 Å². The van der Waals surface area contributed by atoms with E-state index in [0.717, 1.165) is 0 Å². The van der Waals surface area contributed by atoms with Gasteiger partial charge in [0.05, 0.1) is 5.69 Å². The molecule has 0 unspecified atom stereocenters. The van der Waals surface area contributed by atoms with Crippen molar-refractivity contribution in [2.45, 2.75) is 0 Å². The lowest BCUT2D eigenvalue weighted by Crippen LogP contribution is -2.12. The first-order valence-corrected chi connectivity index (χ1v) is 9.57. The van der Waals surface area contributed by atoms with Crippen LogP contribution >= 0.6 is 0 Å². The summed E-state index contributed by atoms with van der Waals surface area (Å²) in [6, 6.07) is 25.4. The standard InChI is InChI=1S/C23H17N7O2/c24-14-17(22-27-29-30-28-22)15-25-18-12-10-16(11-13-18)23(31)26-20-8-4-5-9-21(20)32-19-6-2-1-3-7-19/h1-13,15,25H,(H,26,31)(H,27,28,29,30). The number of hydrogen-bond donors (Lipinski definition) is 3. The van der Waals surface area contributed by atoms with Gasteiger partial charge in [0.25, 0.3) is 5.91 Å². The number of nitriles is 1. The number of anilines is 2. The molecule has 1 amide bonds. The van der Waals surface area contributed by atoms with E-state index in [1.165, 1.54) is 6.20 Å². The van der Waals surface area contributed by atoms with E-state index < -0.39 is 0 Å². The molecule has 4 aromatic rings. The number of nitrogens with zero attached hydrogens (tertiary/aromatic N) is 4. The molecular formula is C23H17N7O2. The van der Waals surface area contributed by atoms with Gasteiger partial charge < -0.3 is 15.4 Å². The van der Waals surface area contributed by atoms with Crippen molar-refractivity contribution in [3.63, 3.8) is 0 Å². The predicted octanol–water partition coefficient (Wildman–Crippen LogP) is 4.22. The van der Waals surface area contributed by atoms with Crippen molar-refractivity contribution in [1.29, 1.82) is 5.26 Å². The van der Waals surface area contributed by atoms with Gasteiger partial charge in [0, 0.05) is 17.5 Å². The molecule has 0 saturated heterocycles. The number of carbonyl (C=O) groups is 1. The Kier molecular flexibility index (Phi) is 6.15. The summed E-state index contributed by atoms with van der Waals surface area (Å²) in [5.41, 5.74) is 1.93. The highest BCUT2D eigenvalue weighted by atomic mass is 16.5. The molecule has 1 aromatic heterocycles. The summed E-state index contributed by atoms with van der Waals surface area (Å²) in [5.74, 6) is 1.13. The molecule has 4 rings (SSSR count). The summed E-state index contributed by atoms with van der Waals surface area (Å²) in [5, 5.41) is 28.3. The number of H-pyrrole nitrogens is 1. The number of nitrogens with one attached hydrogen (secondary N) is 3. The van der Waals surface area contributed by atoms with E-state index in [1.807, 2.05) is 48.5 Å². The molecule has 156 valence electrons. The van der Waals surface area contributed by atoms with E-state index in [1.54, 1.807) is 36.4 Å². The minimum atomic E-state index is -0.277. The zero-order valence-electron chi connectivity index (χ0n) is 16.7. The minimum Gasteiger partial charge on any atom is -0.455 e. The molecule has 0 fully saturated rings. The summed E-state index contributed by atoms with van der Waals surface area (Å²) in [4.78, 5) is 12.7. The Labute approximate surface area is 183 Å². The second-order valence-electron chi connectivity index (χ2n) is 6.49. The number of amides is 1. The van der Waals surface area contributed by atoms with Gasteiger partial charge in [0.15, 0.2) is 5.75 Å². The predicted molar refractivity (Wildman–Crippen MR) is 119 cm³/mol. The normalized spacial score (nSPS) is 10.8. The Balaban J connectivity index is 1.43. The molecule has 0 spiro atoms. The first-order valence-electron chi connectivity index (χ1n) is 9.57. The van der Waals surface area contributed by atoms with Gasteiger partial charge in [0.1, 0.15) is 17.4 Å². The number of carbonyl (C=O) groups excluding carboxylic acids is 1. The van der Waals surface area contributed by atoms with Crippen molar-refractivity contribution < 1.29 is 9.53 Å². The SMILES string of the molecule is N#CC(=CNc1ccc(C(=O)Nc2ccccc2Oc2ccccc2)cc1)c1nn[nH]n1. The molecule has 0 aliphatic rings. The van der Waals surface area contributed by atoms with Crippen LogP contribution < -0.4 is 15.4 Å². The van der Waals surface area contributed by atoms with Crippen molar-refractivity contribution in [3.8, 4) is 17.6 Å². The van der Waals surface area contributed by atoms with Crippen LogP contribution in [-0.2, 0) is 0 Å². The Bertz CT molecular complexity index is 1260. The number of hydrogen-bond acceptors (Lipinski definition) is 7. The molecule has 9 heteroatoms. The van der Waals surface area contributed by atoms with Crippen LogP contribution in [0.4, 0.5) is 11.4 Å². The van der Waals surface area contributed by atoms with Gasteiger partial charge in [0.2, 0.25) is 5.82 Å². The maximum Gasteiger partial charge on any atom is 0.255 e. The van der Waals surface area contributed by atoms with E-state index in [-0.39, 0.29) is 17.3 Å². The second-order valence-corrected chi connectivity index (χ2v) is 6.49. The fraction of sp³-hybridized carbons (Fsp3) is 0. The van der Waals surface area contributed by atoms with Gasteiger partial charge in [-0.3, -0.25) is 4.79 Å². The van der Waals surface area contributed by atoms with Crippen molar-refractivity contribution in [1.82, 2.24) is 20.6 Å². The van der Waals surface area contributed by atoms with Gasteiger partial charge in [-0.2, -0.15) is 10.5 Å². The molecule has 0 atom stereocenters. The molecule has 1 heterocycles. The van der Waals surface area contributed by atoms with E-state index in [4.69, 9.17) is 4.74 Å². The molecule has 0 radical (unpaired) electrons. The van der Waals surface area contributed by atoms with Crippen LogP contribution in [0.25, 0.3) is 5.57 Å². The highest BCUT2D eigenvalue weighted by Crippen LogP contribution is 2.29. The third kappa shape index (κ3) is 4.95. The van der Waals surface area contributed by atoms with Crippen LogP contribution in [0.3, 0.4) is 0 Å². The van der Waals surface area contributed by atoms with Gasteiger partial charge in [-0.05, 0) is 53.7 Å². The Morgan fingerprint density at radius 3 is 2.47 bits per heavy atom. The largest absolute Gasteiger partial charge is 0.455 e. The summed E-state index contributed by atoms with van der Waals surface area (Å²) in [6.07, 6.45) is 1.47. The molecular weight excluding hydrogens is 406 g/mol. The molecule has 0 aliphatic carbocycles. The third-order valence-corrected chi connectivity index (χ3v) is 4.34. The summed E-state index contributed by atoms with van der Waals surface area (Å²) in [6.45, 7) is 0. The maximum atomic E-state index is 12.7. The van der Waals surface area contributed by atoms with Crippen LogP contribution in [0.5, 0.6) is 11.5 Å². The van der Waals surface area contributed by atoms with Crippen molar-refractivity contribution in [3.05, 3.63) is 96.5 Å². The van der Waals surface area contributed by atoms with E-state index in [0.29, 0.717) is 28.4 Å². The summed E-state index contributed by atoms with van der Waals surface area (Å²) in [7, 11) is 0. The maximum absolute atomic E-state index is 12.7. The number of para-hydroxylation sites is 3. The monoisotopic (exact) mass is 423 g/mol. The van der Waals surface area contributed by atoms with Crippen molar-refractivity contribution >= 4 is 22.9 Å². The summed E-state index contributed by atoms with van der Waals surface area (Å²) < 4.78 is 5.89. The highest BCUT2D eigenvalue weighted by Gasteiger charge is 2.11.